The van der Waals surface area contributed by atoms with E-state index >= 15 is 0 Å². The minimum absolute atomic E-state index is 0. The lowest BCUT2D eigenvalue weighted by Crippen LogP contribution is -2.07. The van der Waals surface area contributed by atoms with Crippen molar-refractivity contribution < 1.29 is 23.1 Å². The van der Waals surface area contributed by atoms with Crippen LogP contribution in [0.1, 0.15) is 15.9 Å². The van der Waals surface area contributed by atoms with Crippen LogP contribution in [-0.2, 0) is 6.18 Å². The van der Waals surface area contributed by atoms with E-state index in [4.69, 9.17) is 16.7 Å². The molecule has 0 aliphatic carbocycles. The van der Waals surface area contributed by atoms with Crippen LogP contribution < -0.4 is 0 Å². The summed E-state index contributed by atoms with van der Waals surface area (Å²) >= 11 is 5.39. The quantitative estimate of drug-likeness (QED) is 0.840. The second kappa shape index (κ2) is 4.72. The van der Waals surface area contributed by atoms with Gasteiger partial charge < -0.3 is 5.11 Å². The number of alkyl halides is 3. The van der Waals surface area contributed by atoms with Crippen molar-refractivity contribution in [1.29, 1.82) is 0 Å². The molecule has 7 heteroatoms. The van der Waals surface area contributed by atoms with Crippen molar-refractivity contribution in [3.8, 4) is 0 Å². The van der Waals surface area contributed by atoms with Gasteiger partial charge in [-0.25, -0.2) is 4.79 Å². The molecule has 1 aromatic rings. The molecule has 84 valence electrons. The molecule has 1 rings (SSSR count). The van der Waals surface area contributed by atoms with Crippen molar-refractivity contribution >= 4 is 30.0 Å². The van der Waals surface area contributed by atoms with E-state index in [1.165, 1.54) is 0 Å². The van der Waals surface area contributed by atoms with Gasteiger partial charge >= 0.3 is 12.1 Å². The maximum atomic E-state index is 12.1. The van der Waals surface area contributed by atoms with Crippen LogP contribution in [0.2, 0.25) is 5.02 Å². The Bertz CT molecular complexity index is 377. The summed E-state index contributed by atoms with van der Waals surface area (Å²) in [7, 11) is 0. The zero-order valence-electron chi connectivity index (χ0n) is 7.01. The maximum Gasteiger partial charge on any atom is 0.416 e. The zero-order valence-corrected chi connectivity index (χ0v) is 8.58. The first kappa shape index (κ1) is 14.1. The van der Waals surface area contributed by atoms with Gasteiger partial charge in [0.05, 0.1) is 16.1 Å². The highest BCUT2D eigenvalue weighted by Crippen LogP contribution is 2.31. The van der Waals surface area contributed by atoms with E-state index in [9.17, 15) is 18.0 Å². The van der Waals surface area contributed by atoms with Crippen LogP contribution >= 0.6 is 24.0 Å². The number of carbonyl (C=O) groups is 1. The highest BCUT2D eigenvalue weighted by molar-refractivity contribution is 6.33. The molecule has 0 radical (unpaired) electrons. The van der Waals surface area contributed by atoms with Gasteiger partial charge in [0.2, 0.25) is 0 Å². The van der Waals surface area contributed by atoms with E-state index in [1.54, 1.807) is 0 Å². The topological polar surface area (TPSA) is 37.3 Å². The van der Waals surface area contributed by atoms with Crippen molar-refractivity contribution in [2.24, 2.45) is 0 Å². The van der Waals surface area contributed by atoms with E-state index in [-0.39, 0.29) is 17.4 Å². The Morgan fingerprint density at radius 1 is 1.33 bits per heavy atom. The molecule has 2 nitrogen and oxygen atoms in total. The molecule has 0 fully saturated rings. The number of carboxylic acids is 1. The summed E-state index contributed by atoms with van der Waals surface area (Å²) in [6, 6.07) is 2.15. The SMILES string of the molecule is Cl.O=C(O)c1cc(C(F)(F)F)ccc1Cl. The summed E-state index contributed by atoms with van der Waals surface area (Å²) < 4.78 is 36.4. The second-order valence-electron chi connectivity index (χ2n) is 2.50. The highest BCUT2D eigenvalue weighted by Gasteiger charge is 2.31. The van der Waals surface area contributed by atoms with E-state index in [0.717, 1.165) is 12.1 Å². The smallest absolute Gasteiger partial charge is 0.416 e. The first-order valence-corrected chi connectivity index (χ1v) is 3.80. The maximum absolute atomic E-state index is 12.1. The molecule has 0 bridgehead atoms. The van der Waals surface area contributed by atoms with E-state index in [1.807, 2.05) is 0 Å². The van der Waals surface area contributed by atoms with E-state index in [0.29, 0.717) is 6.07 Å². The van der Waals surface area contributed by atoms with Gasteiger partial charge in [0.25, 0.3) is 0 Å². The van der Waals surface area contributed by atoms with Gasteiger partial charge in [-0.3, -0.25) is 0 Å². The fourth-order valence-corrected chi connectivity index (χ4v) is 1.06. The van der Waals surface area contributed by atoms with Crippen LogP contribution in [0.3, 0.4) is 0 Å². The Kier molecular flexibility index (Phi) is 4.42. The molecule has 0 spiro atoms. The molecule has 15 heavy (non-hydrogen) atoms. The third-order valence-corrected chi connectivity index (χ3v) is 1.85. The first-order chi connectivity index (χ1) is 6.32. The molecule has 0 aliphatic heterocycles. The number of benzene rings is 1. The van der Waals surface area contributed by atoms with Crippen LogP contribution in [0.5, 0.6) is 0 Å². The molecule has 0 saturated heterocycles. The summed E-state index contributed by atoms with van der Waals surface area (Å²) in [6.07, 6.45) is -4.56. The van der Waals surface area contributed by atoms with Crippen LogP contribution in [0.25, 0.3) is 0 Å². The lowest BCUT2D eigenvalue weighted by molar-refractivity contribution is -0.137. The molecule has 1 N–H and O–H groups in total. The third kappa shape index (κ3) is 3.28. The molecule has 0 atom stereocenters. The van der Waals surface area contributed by atoms with Crippen molar-refractivity contribution in [2.45, 2.75) is 6.18 Å². The molecule has 0 aliphatic rings. The van der Waals surface area contributed by atoms with Gasteiger partial charge in [0, 0.05) is 0 Å². The Hall–Kier alpha value is -0.940. The Balaban J connectivity index is 0.00000196. The molecule has 0 aromatic heterocycles. The fourth-order valence-electron chi connectivity index (χ4n) is 0.865. The third-order valence-electron chi connectivity index (χ3n) is 1.52. The van der Waals surface area contributed by atoms with Crippen molar-refractivity contribution in [3.05, 3.63) is 34.3 Å². The van der Waals surface area contributed by atoms with Gasteiger partial charge in [-0.2, -0.15) is 13.2 Å². The summed E-state index contributed by atoms with van der Waals surface area (Å²) in [5, 5.41) is 8.29. The van der Waals surface area contributed by atoms with Crippen molar-refractivity contribution in [1.82, 2.24) is 0 Å². The second-order valence-corrected chi connectivity index (χ2v) is 2.90. The predicted molar refractivity (Wildman–Crippen MR) is 50.7 cm³/mol. The minimum atomic E-state index is -4.56. The zero-order chi connectivity index (χ0) is 10.9. The number of aromatic carboxylic acids is 1. The van der Waals surface area contributed by atoms with Gasteiger partial charge in [0.1, 0.15) is 0 Å². The standard InChI is InChI=1S/C8H4ClF3O2.ClH/c9-6-2-1-4(8(10,11)12)3-5(6)7(13)14;/h1-3H,(H,13,14);1H. The number of rotatable bonds is 1. The lowest BCUT2D eigenvalue weighted by atomic mass is 10.1. The minimum Gasteiger partial charge on any atom is -0.478 e. The van der Waals surface area contributed by atoms with Gasteiger partial charge in [0.15, 0.2) is 0 Å². The molecule has 0 heterocycles. The summed E-state index contributed by atoms with van der Waals surface area (Å²) in [6.45, 7) is 0. The van der Waals surface area contributed by atoms with Gasteiger partial charge in [-0.05, 0) is 18.2 Å². The number of hydrogen-bond donors (Lipinski definition) is 1. The average Bonchev–Trinajstić information content (AvgIpc) is 2.02. The average molecular weight is 261 g/mol. The van der Waals surface area contributed by atoms with E-state index < -0.39 is 23.3 Å². The first-order valence-electron chi connectivity index (χ1n) is 3.42. The van der Waals surface area contributed by atoms with Crippen molar-refractivity contribution in [3.63, 3.8) is 0 Å². The Morgan fingerprint density at radius 3 is 2.27 bits per heavy atom. The van der Waals surface area contributed by atoms with Crippen LogP contribution in [-0.4, -0.2) is 11.1 Å². The van der Waals surface area contributed by atoms with Crippen LogP contribution in [0.15, 0.2) is 18.2 Å². The number of halogens is 5. The molecule has 0 amide bonds. The fraction of sp³-hybridized carbons (Fsp3) is 0.125. The molecular formula is C8H5Cl2F3O2. The number of hydrogen-bond acceptors (Lipinski definition) is 1. The van der Waals surface area contributed by atoms with Gasteiger partial charge in [-0.15, -0.1) is 12.4 Å². The molecule has 1 aromatic carbocycles. The van der Waals surface area contributed by atoms with Crippen molar-refractivity contribution in [2.75, 3.05) is 0 Å². The normalized spacial score (nSPS) is 10.7. The van der Waals surface area contributed by atoms with Gasteiger partial charge in [-0.1, -0.05) is 11.6 Å². The molecule has 0 saturated carbocycles. The lowest BCUT2D eigenvalue weighted by Gasteiger charge is -2.07. The molecule has 0 unspecified atom stereocenters. The summed E-state index contributed by atoms with van der Waals surface area (Å²) in [5.41, 5.74) is -1.58. The van der Waals surface area contributed by atoms with Crippen LogP contribution in [0.4, 0.5) is 13.2 Å². The number of carboxylic acid groups (broad SMARTS) is 1. The van der Waals surface area contributed by atoms with E-state index in [2.05, 4.69) is 0 Å². The monoisotopic (exact) mass is 260 g/mol. The molecular weight excluding hydrogens is 256 g/mol. The Morgan fingerprint density at radius 2 is 1.87 bits per heavy atom. The highest BCUT2D eigenvalue weighted by atomic mass is 35.5. The summed E-state index contributed by atoms with van der Waals surface area (Å²) in [5.74, 6) is -1.49. The van der Waals surface area contributed by atoms with Crippen LogP contribution in [0, 0.1) is 0 Å². The Labute approximate surface area is 94.1 Å². The predicted octanol–water partition coefficient (Wildman–Crippen LogP) is 3.48. The largest absolute Gasteiger partial charge is 0.478 e. The summed E-state index contributed by atoms with van der Waals surface area (Å²) in [4.78, 5) is 10.4.